The first-order chi connectivity index (χ1) is 10.7. The summed E-state index contributed by atoms with van der Waals surface area (Å²) in [7, 11) is 1.51. The van der Waals surface area contributed by atoms with E-state index in [0.717, 1.165) is 0 Å². The van der Waals surface area contributed by atoms with Gasteiger partial charge in [0.05, 0.1) is 17.0 Å². The van der Waals surface area contributed by atoms with E-state index >= 15 is 0 Å². The average Bonchev–Trinajstić information content (AvgIpc) is 2.45. The average molecular weight is 341 g/mol. The van der Waals surface area contributed by atoms with Crippen molar-refractivity contribution in [3.05, 3.63) is 28.8 Å². The molecule has 0 bridgehead atoms. The van der Waals surface area contributed by atoms with Gasteiger partial charge in [-0.3, -0.25) is 14.4 Å². The molecule has 0 saturated carbocycles. The minimum absolute atomic E-state index is 0.0778. The quantitative estimate of drug-likeness (QED) is 0.799. The van der Waals surface area contributed by atoms with Gasteiger partial charge in [0.25, 0.3) is 5.91 Å². The van der Waals surface area contributed by atoms with E-state index in [1.807, 2.05) is 13.8 Å². The maximum atomic E-state index is 12.3. The molecular formula is C16H21ClN2O4. The normalized spacial score (nSPS) is 10.5. The Morgan fingerprint density at radius 3 is 2.52 bits per heavy atom. The van der Waals surface area contributed by atoms with Crippen LogP contribution in [-0.4, -0.2) is 41.4 Å². The Morgan fingerprint density at radius 2 is 1.96 bits per heavy atom. The fraction of sp³-hybridized carbons (Fsp3) is 0.438. The third kappa shape index (κ3) is 6.28. The van der Waals surface area contributed by atoms with E-state index in [0.29, 0.717) is 12.1 Å². The van der Waals surface area contributed by atoms with Crippen molar-refractivity contribution in [2.24, 2.45) is 5.92 Å². The van der Waals surface area contributed by atoms with E-state index in [2.05, 4.69) is 5.32 Å². The van der Waals surface area contributed by atoms with Crippen LogP contribution in [0.3, 0.4) is 0 Å². The second kappa shape index (κ2) is 8.53. The van der Waals surface area contributed by atoms with E-state index in [4.69, 9.17) is 16.7 Å². The van der Waals surface area contributed by atoms with Gasteiger partial charge in [0.2, 0.25) is 5.91 Å². The Kier molecular flexibility index (Phi) is 7.03. The number of halogens is 1. The number of aliphatic carboxylic acids is 1. The summed E-state index contributed by atoms with van der Waals surface area (Å²) in [4.78, 5) is 36.0. The van der Waals surface area contributed by atoms with Crippen molar-refractivity contribution in [2.75, 3.05) is 18.9 Å². The molecule has 0 aromatic heterocycles. The number of anilines is 1. The molecule has 0 fully saturated rings. The number of amides is 2. The smallest absolute Gasteiger partial charge is 0.305 e. The highest BCUT2D eigenvalue weighted by molar-refractivity contribution is 6.34. The molecule has 126 valence electrons. The number of carbonyl (C=O) groups is 3. The van der Waals surface area contributed by atoms with Gasteiger partial charge < -0.3 is 15.3 Å². The second-order valence-electron chi connectivity index (χ2n) is 5.71. The molecule has 7 heteroatoms. The standard InChI is InChI=1S/C16H21ClN2O4/c1-10(2)8-14(20)18-11-4-5-13(17)12(9-11)16(23)19(3)7-6-15(21)22/h4-5,9-10H,6-8H2,1-3H3,(H,18,20)(H,21,22). The summed E-state index contributed by atoms with van der Waals surface area (Å²) >= 11 is 6.04. The van der Waals surface area contributed by atoms with Crippen LogP contribution in [0.25, 0.3) is 0 Å². The highest BCUT2D eigenvalue weighted by Crippen LogP contribution is 2.22. The molecule has 0 aliphatic rings. The first kappa shape index (κ1) is 19.0. The summed E-state index contributed by atoms with van der Waals surface area (Å²) in [5, 5.41) is 11.6. The summed E-state index contributed by atoms with van der Waals surface area (Å²) in [5.74, 6) is -1.29. The summed E-state index contributed by atoms with van der Waals surface area (Å²) < 4.78 is 0. The number of carbonyl (C=O) groups excluding carboxylic acids is 2. The number of rotatable bonds is 7. The van der Waals surface area contributed by atoms with E-state index in [1.165, 1.54) is 24.1 Å². The lowest BCUT2D eigenvalue weighted by molar-refractivity contribution is -0.137. The van der Waals surface area contributed by atoms with E-state index in [9.17, 15) is 14.4 Å². The maximum absolute atomic E-state index is 12.3. The van der Waals surface area contributed by atoms with Gasteiger partial charge in [0.1, 0.15) is 0 Å². The first-order valence-corrected chi connectivity index (χ1v) is 7.65. The molecule has 0 unspecified atom stereocenters. The predicted molar refractivity (Wildman–Crippen MR) is 88.8 cm³/mol. The molecule has 0 atom stereocenters. The largest absolute Gasteiger partial charge is 0.481 e. The molecule has 23 heavy (non-hydrogen) atoms. The van der Waals surface area contributed by atoms with Crippen molar-refractivity contribution in [3.8, 4) is 0 Å². The molecule has 0 saturated heterocycles. The Hall–Kier alpha value is -2.08. The van der Waals surface area contributed by atoms with Gasteiger partial charge in [-0.15, -0.1) is 0 Å². The number of nitrogens with one attached hydrogen (secondary N) is 1. The van der Waals surface area contributed by atoms with Gasteiger partial charge in [-0.1, -0.05) is 25.4 Å². The Morgan fingerprint density at radius 1 is 1.30 bits per heavy atom. The Bertz CT molecular complexity index is 602. The lowest BCUT2D eigenvalue weighted by atomic mass is 10.1. The van der Waals surface area contributed by atoms with Gasteiger partial charge in [0.15, 0.2) is 0 Å². The Balaban J connectivity index is 2.86. The Labute approximate surface area is 140 Å². The zero-order chi connectivity index (χ0) is 17.6. The van der Waals surface area contributed by atoms with Crippen molar-refractivity contribution >= 4 is 35.1 Å². The minimum Gasteiger partial charge on any atom is -0.481 e. The summed E-state index contributed by atoms with van der Waals surface area (Å²) in [6, 6.07) is 4.65. The number of benzene rings is 1. The van der Waals surface area contributed by atoms with E-state index in [-0.39, 0.29) is 35.4 Å². The van der Waals surface area contributed by atoms with Crippen LogP contribution in [0.1, 0.15) is 37.0 Å². The maximum Gasteiger partial charge on any atom is 0.305 e. The van der Waals surface area contributed by atoms with Crippen molar-refractivity contribution < 1.29 is 19.5 Å². The minimum atomic E-state index is -0.981. The molecule has 1 aromatic rings. The summed E-state index contributed by atoms with van der Waals surface area (Å²) in [5.41, 5.74) is 0.705. The molecule has 2 amide bonds. The zero-order valence-corrected chi connectivity index (χ0v) is 14.2. The topological polar surface area (TPSA) is 86.7 Å². The summed E-state index contributed by atoms with van der Waals surface area (Å²) in [6.45, 7) is 3.95. The summed E-state index contributed by atoms with van der Waals surface area (Å²) in [6.07, 6.45) is 0.231. The van der Waals surface area contributed by atoms with Crippen LogP contribution in [0.2, 0.25) is 5.02 Å². The van der Waals surface area contributed by atoms with Gasteiger partial charge in [-0.2, -0.15) is 0 Å². The monoisotopic (exact) mass is 340 g/mol. The van der Waals surface area contributed by atoms with Crippen LogP contribution >= 0.6 is 11.6 Å². The van der Waals surface area contributed by atoms with Crippen molar-refractivity contribution in [1.29, 1.82) is 0 Å². The fourth-order valence-electron chi connectivity index (χ4n) is 1.92. The fourth-order valence-corrected chi connectivity index (χ4v) is 2.12. The molecule has 1 aromatic carbocycles. The lowest BCUT2D eigenvalue weighted by Crippen LogP contribution is -2.29. The van der Waals surface area contributed by atoms with Crippen molar-refractivity contribution in [2.45, 2.75) is 26.7 Å². The highest BCUT2D eigenvalue weighted by Gasteiger charge is 2.17. The van der Waals surface area contributed by atoms with Crippen LogP contribution in [0.4, 0.5) is 5.69 Å². The van der Waals surface area contributed by atoms with Gasteiger partial charge in [-0.05, 0) is 24.1 Å². The third-order valence-corrected chi connectivity index (χ3v) is 3.41. The van der Waals surface area contributed by atoms with Crippen LogP contribution in [0.15, 0.2) is 18.2 Å². The van der Waals surface area contributed by atoms with Crippen LogP contribution in [-0.2, 0) is 9.59 Å². The number of hydrogen-bond donors (Lipinski definition) is 2. The van der Waals surface area contributed by atoms with Gasteiger partial charge in [-0.25, -0.2) is 0 Å². The number of carboxylic acids is 1. The number of carboxylic acid groups (broad SMARTS) is 1. The lowest BCUT2D eigenvalue weighted by Gasteiger charge is -2.17. The molecule has 0 radical (unpaired) electrons. The number of nitrogens with zero attached hydrogens (tertiary/aromatic N) is 1. The molecule has 0 aliphatic heterocycles. The second-order valence-corrected chi connectivity index (χ2v) is 6.12. The van der Waals surface area contributed by atoms with E-state index in [1.54, 1.807) is 6.07 Å². The van der Waals surface area contributed by atoms with Crippen molar-refractivity contribution in [3.63, 3.8) is 0 Å². The predicted octanol–water partition coefficient (Wildman–Crippen LogP) is 2.87. The van der Waals surface area contributed by atoms with E-state index < -0.39 is 11.9 Å². The molecule has 2 N–H and O–H groups in total. The molecule has 0 heterocycles. The van der Waals surface area contributed by atoms with Gasteiger partial charge >= 0.3 is 5.97 Å². The molecular weight excluding hydrogens is 320 g/mol. The molecule has 1 rings (SSSR count). The van der Waals surface area contributed by atoms with Crippen molar-refractivity contribution in [1.82, 2.24) is 4.90 Å². The molecule has 0 spiro atoms. The molecule has 6 nitrogen and oxygen atoms in total. The highest BCUT2D eigenvalue weighted by atomic mass is 35.5. The van der Waals surface area contributed by atoms with Crippen LogP contribution in [0, 0.1) is 5.92 Å². The zero-order valence-electron chi connectivity index (χ0n) is 13.4. The van der Waals surface area contributed by atoms with Crippen LogP contribution in [0.5, 0.6) is 0 Å². The molecule has 0 aliphatic carbocycles. The SMILES string of the molecule is CC(C)CC(=O)Nc1ccc(Cl)c(C(=O)N(C)CCC(=O)O)c1. The number of hydrogen-bond acceptors (Lipinski definition) is 3. The van der Waals surface area contributed by atoms with Gasteiger partial charge in [0, 0.05) is 25.7 Å². The van der Waals surface area contributed by atoms with Crippen LogP contribution < -0.4 is 5.32 Å². The third-order valence-electron chi connectivity index (χ3n) is 3.08. The first-order valence-electron chi connectivity index (χ1n) is 7.27.